The highest BCUT2D eigenvalue weighted by Crippen LogP contribution is 2.26. The molecule has 0 atom stereocenters. The van der Waals surface area contributed by atoms with Crippen molar-refractivity contribution in [2.45, 2.75) is 49.6 Å². The van der Waals surface area contributed by atoms with Crippen LogP contribution in [-0.4, -0.2) is 36.7 Å². The number of rotatable bonds is 6. The maximum absolute atomic E-state index is 12.8. The molecule has 1 fully saturated rings. The Kier molecular flexibility index (Phi) is 6.23. The third-order valence-electron chi connectivity index (χ3n) is 5.04. The molecule has 0 spiro atoms. The second-order valence-electron chi connectivity index (χ2n) is 6.84. The molecule has 1 amide bonds. The molecule has 7 heteroatoms. The number of hydrogen-bond donors (Lipinski definition) is 1. The molecule has 1 aliphatic carbocycles. The zero-order chi connectivity index (χ0) is 19.3. The number of nitrogens with one attached hydrogen (secondary N) is 1. The molecule has 1 aromatic carbocycles. The van der Waals surface area contributed by atoms with Crippen LogP contribution < -0.4 is 5.32 Å². The first kappa shape index (κ1) is 19.5. The topological polar surface area (TPSA) is 79.4 Å². The summed E-state index contributed by atoms with van der Waals surface area (Å²) in [6, 6.07) is 11.7. The number of carbonyl (C=O) groups excluding carboxylic acids is 1. The molecule has 0 aliphatic heterocycles. The van der Waals surface area contributed by atoms with Gasteiger partial charge in [0.1, 0.15) is 0 Å². The first-order chi connectivity index (χ1) is 13.0. The summed E-state index contributed by atoms with van der Waals surface area (Å²) in [5.74, 6) is -0.259. The van der Waals surface area contributed by atoms with Gasteiger partial charge in [0.05, 0.1) is 17.1 Å². The van der Waals surface area contributed by atoms with Crippen molar-refractivity contribution in [3.8, 4) is 0 Å². The largest absolute Gasteiger partial charge is 0.346 e. The first-order valence-corrected chi connectivity index (χ1v) is 10.7. The molecular weight excluding hydrogens is 362 g/mol. The molecule has 0 unspecified atom stereocenters. The highest BCUT2D eigenvalue weighted by Gasteiger charge is 2.29. The van der Waals surface area contributed by atoms with Gasteiger partial charge in [0.2, 0.25) is 10.0 Å². The van der Waals surface area contributed by atoms with Gasteiger partial charge in [-0.2, -0.15) is 4.31 Å². The molecule has 1 saturated carbocycles. The lowest BCUT2D eigenvalue weighted by Gasteiger charge is -2.30. The van der Waals surface area contributed by atoms with E-state index in [0.29, 0.717) is 12.1 Å². The summed E-state index contributed by atoms with van der Waals surface area (Å²) in [6.45, 7) is 0.324. The van der Waals surface area contributed by atoms with Crippen molar-refractivity contribution in [3.63, 3.8) is 0 Å². The van der Waals surface area contributed by atoms with Crippen molar-refractivity contribution in [2.75, 3.05) is 7.05 Å². The number of amides is 1. The SMILES string of the molecule is CN(C1CCCCC1)S(=O)(=O)c1ccc(C(=O)NCc2ccccn2)cc1. The number of aromatic nitrogens is 1. The number of pyridine rings is 1. The Bertz CT molecular complexity index is 861. The quantitative estimate of drug-likeness (QED) is 0.826. The fourth-order valence-corrected chi connectivity index (χ4v) is 4.78. The lowest BCUT2D eigenvalue weighted by molar-refractivity contribution is 0.0950. The van der Waals surface area contributed by atoms with Gasteiger partial charge in [0.25, 0.3) is 5.91 Å². The minimum absolute atomic E-state index is 0.0603. The summed E-state index contributed by atoms with van der Waals surface area (Å²) in [7, 11) is -1.89. The average molecular weight is 388 g/mol. The molecule has 0 bridgehead atoms. The summed E-state index contributed by atoms with van der Waals surface area (Å²) >= 11 is 0. The molecular formula is C20H25N3O3S. The van der Waals surface area contributed by atoms with Crippen LogP contribution in [0.3, 0.4) is 0 Å². The molecule has 1 N–H and O–H groups in total. The Hall–Kier alpha value is -2.25. The predicted molar refractivity (Wildman–Crippen MR) is 104 cm³/mol. The molecule has 1 aliphatic rings. The minimum Gasteiger partial charge on any atom is -0.346 e. The van der Waals surface area contributed by atoms with Gasteiger partial charge in [-0.25, -0.2) is 8.42 Å². The second kappa shape index (κ2) is 8.63. The van der Waals surface area contributed by atoms with Gasteiger partial charge in [-0.15, -0.1) is 0 Å². The Labute approximate surface area is 160 Å². The van der Waals surface area contributed by atoms with E-state index in [-0.39, 0.29) is 16.8 Å². The van der Waals surface area contributed by atoms with E-state index in [0.717, 1.165) is 31.4 Å². The molecule has 3 rings (SSSR count). The van der Waals surface area contributed by atoms with Crippen LogP contribution in [0.15, 0.2) is 53.6 Å². The van der Waals surface area contributed by atoms with Gasteiger partial charge < -0.3 is 5.32 Å². The zero-order valence-corrected chi connectivity index (χ0v) is 16.3. The minimum atomic E-state index is -3.54. The molecule has 1 heterocycles. The Morgan fingerprint density at radius 3 is 2.44 bits per heavy atom. The monoisotopic (exact) mass is 387 g/mol. The van der Waals surface area contributed by atoms with E-state index < -0.39 is 10.0 Å². The van der Waals surface area contributed by atoms with E-state index in [1.165, 1.54) is 22.9 Å². The van der Waals surface area contributed by atoms with Gasteiger partial charge in [-0.05, 0) is 49.2 Å². The second-order valence-corrected chi connectivity index (χ2v) is 8.84. The fourth-order valence-electron chi connectivity index (χ4n) is 3.36. The van der Waals surface area contributed by atoms with E-state index in [4.69, 9.17) is 0 Å². The van der Waals surface area contributed by atoms with E-state index in [1.807, 2.05) is 18.2 Å². The van der Waals surface area contributed by atoms with Crippen LogP contribution >= 0.6 is 0 Å². The third-order valence-corrected chi connectivity index (χ3v) is 6.96. The Morgan fingerprint density at radius 2 is 1.81 bits per heavy atom. The summed E-state index contributed by atoms with van der Waals surface area (Å²) in [5, 5.41) is 2.79. The normalized spacial score (nSPS) is 15.6. The highest BCUT2D eigenvalue weighted by atomic mass is 32.2. The standard InChI is InChI=1S/C20H25N3O3S/c1-23(18-8-3-2-4-9-18)27(25,26)19-12-10-16(11-13-19)20(24)22-15-17-7-5-6-14-21-17/h5-7,10-14,18H,2-4,8-9,15H2,1H3,(H,22,24). The molecule has 6 nitrogen and oxygen atoms in total. The van der Waals surface area contributed by atoms with Gasteiger partial charge in [-0.1, -0.05) is 25.3 Å². The predicted octanol–water partition coefficient (Wildman–Crippen LogP) is 2.96. The molecule has 0 radical (unpaired) electrons. The van der Waals surface area contributed by atoms with Crippen molar-refractivity contribution in [1.82, 2.24) is 14.6 Å². The van der Waals surface area contributed by atoms with Gasteiger partial charge in [0, 0.05) is 24.8 Å². The Morgan fingerprint density at radius 1 is 1.11 bits per heavy atom. The zero-order valence-electron chi connectivity index (χ0n) is 15.5. The van der Waals surface area contributed by atoms with Crippen LogP contribution in [0.25, 0.3) is 0 Å². The van der Waals surface area contributed by atoms with E-state index in [9.17, 15) is 13.2 Å². The van der Waals surface area contributed by atoms with Gasteiger partial charge in [-0.3, -0.25) is 9.78 Å². The van der Waals surface area contributed by atoms with Crippen LogP contribution in [0, 0.1) is 0 Å². The molecule has 144 valence electrons. The van der Waals surface area contributed by atoms with E-state index in [2.05, 4.69) is 10.3 Å². The average Bonchev–Trinajstić information content (AvgIpc) is 2.73. The van der Waals surface area contributed by atoms with E-state index >= 15 is 0 Å². The van der Waals surface area contributed by atoms with Crippen LogP contribution in [-0.2, 0) is 16.6 Å². The number of hydrogen-bond acceptors (Lipinski definition) is 4. The smallest absolute Gasteiger partial charge is 0.251 e. The fraction of sp³-hybridized carbons (Fsp3) is 0.400. The van der Waals surface area contributed by atoms with Crippen molar-refractivity contribution in [1.29, 1.82) is 0 Å². The molecule has 0 saturated heterocycles. The van der Waals surface area contributed by atoms with Gasteiger partial charge >= 0.3 is 0 Å². The maximum Gasteiger partial charge on any atom is 0.251 e. The lowest BCUT2D eigenvalue weighted by Crippen LogP contribution is -2.38. The summed E-state index contributed by atoms with van der Waals surface area (Å²) in [5.41, 5.74) is 1.18. The Balaban J connectivity index is 1.65. The van der Waals surface area contributed by atoms with Crippen molar-refractivity contribution in [3.05, 3.63) is 59.9 Å². The third kappa shape index (κ3) is 4.73. The highest BCUT2D eigenvalue weighted by molar-refractivity contribution is 7.89. The van der Waals surface area contributed by atoms with Gasteiger partial charge in [0.15, 0.2) is 0 Å². The van der Waals surface area contributed by atoms with E-state index in [1.54, 1.807) is 25.4 Å². The van der Waals surface area contributed by atoms with Crippen LogP contribution in [0.4, 0.5) is 0 Å². The maximum atomic E-state index is 12.8. The first-order valence-electron chi connectivity index (χ1n) is 9.25. The molecule has 2 aromatic rings. The van der Waals surface area contributed by atoms with Crippen LogP contribution in [0.1, 0.15) is 48.2 Å². The summed E-state index contributed by atoms with van der Waals surface area (Å²) < 4.78 is 27.2. The number of benzene rings is 1. The summed E-state index contributed by atoms with van der Waals surface area (Å²) in [4.78, 5) is 16.6. The molecule has 27 heavy (non-hydrogen) atoms. The number of sulfonamides is 1. The van der Waals surface area contributed by atoms with Crippen LogP contribution in [0.5, 0.6) is 0 Å². The van der Waals surface area contributed by atoms with Crippen LogP contribution in [0.2, 0.25) is 0 Å². The summed E-state index contributed by atoms with van der Waals surface area (Å²) in [6.07, 6.45) is 6.80. The van der Waals surface area contributed by atoms with Crippen molar-refractivity contribution in [2.24, 2.45) is 0 Å². The number of nitrogens with zero attached hydrogens (tertiary/aromatic N) is 2. The molecule has 1 aromatic heterocycles. The lowest BCUT2D eigenvalue weighted by atomic mass is 9.96. The van der Waals surface area contributed by atoms with Crippen molar-refractivity contribution >= 4 is 15.9 Å². The number of carbonyl (C=O) groups is 1. The van der Waals surface area contributed by atoms with Crippen molar-refractivity contribution < 1.29 is 13.2 Å².